The van der Waals surface area contributed by atoms with Crippen molar-refractivity contribution in [2.75, 3.05) is 5.32 Å². The molecule has 0 spiro atoms. The third kappa shape index (κ3) is 1.06. The van der Waals surface area contributed by atoms with Crippen molar-refractivity contribution >= 4 is 22.5 Å². The van der Waals surface area contributed by atoms with Crippen LogP contribution in [0.2, 0.25) is 0 Å². The maximum atomic E-state index is 11.5. The van der Waals surface area contributed by atoms with Crippen LogP contribution < -0.4 is 5.32 Å². The average molecular weight is 198 g/mol. The molecule has 0 bridgehead atoms. The van der Waals surface area contributed by atoms with Crippen molar-refractivity contribution < 1.29 is 4.79 Å². The van der Waals surface area contributed by atoms with Crippen LogP contribution in [0.3, 0.4) is 0 Å². The lowest BCUT2D eigenvalue weighted by atomic mass is 10.0. The fraction of sp³-hybridized carbons (Fsp3) is 0.167. The van der Waals surface area contributed by atoms with Crippen LogP contribution in [0.15, 0.2) is 30.5 Å². The molecule has 3 rings (SSSR count). The van der Waals surface area contributed by atoms with Crippen molar-refractivity contribution in [1.29, 1.82) is 0 Å². The van der Waals surface area contributed by atoms with Crippen LogP contribution in [0.1, 0.15) is 18.4 Å². The minimum atomic E-state index is -0.0860. The number of amides is 1. The Bertz CT molecular complexity index is 563. The van der Waals surface area contributed by atoms with Crippen molar-refractivity contribution in [2.45, 2.75) is 12.8 Å². The van der Waals surface area contributed by atoms with E-state index in [9.17, 15) is 4.79 Å². The standard InChI is InChI=1S/C12H10N2O/c1-7-9-6-13-10-5-3-2-4-8(10)11(9)14-12(7)15/h2-7H,1H3,(H,14,15). The molecule has 1 atom stereocenters. The first kappa shape index (κ1) is 8.41. The predicted octanol–water partition coefficient (Wildman–Crippen LogP) is 2.29. The quantitative estimate of drug-likeness (QED) is 0.705. The summed E-state index contributed by atoms with van der Waals surface area (Å²) in [6.45, 7) is 1.90. The Kier molecular flexibility index (Phi) is 1.57. The molecule has 3 nitrogen and oxygen atoms in total. The zero-order chi connectivity index (χ0) is 10.4. The monoisotopic (exact) mass is 198 g/mol. The number of para-hydroxylation sites is 1. The lowest BCUT2D eigenvalue weighted by molar-refractivity contribution is -0.116. The number of carbonyl (C=O) groups is 1. The molecule has 1 aromatic heterocycles. The van der Waals surface area contributed by atoms with Gasteiger partial charge < -0.3 is 5.32 Å². The number of anilines is 1. The minimum Gasteiger partial charge on any atom is -0.325 e. The second-order valence-electron chi connectivity index (χ2n) is 3.82. The summed E-state index contributed by atoms with van der Waals surface area (Å²) < 4.78 is 0. The molecule has 0 fully saturated rings. The molecular formula is C12H10N2O. The first-order chi connectivity index (χ1) is 7.27. The molecule has 15 heavy (non-hydrogen) atoms. The second kappa shape index (κ2) is 2.79. The first-order valence-corrected chi connectivity index (χ1v) is 4.96. The van der Waals surface area contributed by atoms with E-state index in [0.29, 0.717) is 0 Å². The number of hydrogen-bond acceptors (Lipinski definition) is 2. The van der Waals surface area contributed by atoms with Gasteiger partial charge in [0, 0.05) is 17.1 Å². The van der Waals surface area contributed by atoms with Gasteiger partial charge in [-0.1, -0.05) is 18.2 Å². The van der Waals surface area contributed by atoms with E-state index in [4.69, 9.17) is 0 Å². The molecule has 0 radical (unpaired) electrons. The van der Waals surface area contributed by atoms with Crippen LogP contribution in [-0.4, -0.2) is 10.9 Å². The molecule has 1 amide bonds. The van der Waals surface area contributed by atoms with Crippen molar-refractivity contribution in [1.82, 2.24) is 4.98 Å². The summed E-state index contributed by atoms with van der Waals surface area (Å²) in [5.41, 5.74) is 2.85. The fourth-order valence-corrected chi connectivity index (χ4v) is 2.00. The van der Waals surface area contributed by atoms with Gasteiger partial charge in [0.15, 0.2) is 0 Å². The SMILES string of the molecule is CC1C(=O)Nc2c1cnc1ccccc21. The number of carbonyl (C=O) groups excluding carboxylic acids is 1. The van der Waals surface area contributed by atoms with E-state index in [-0.39, 0.29) is 11.8 Å². The third-order valence-electron chi connectivity index (χ3n) is 2.91. The molecule has 1 aliphatic heterocycles. The molecule has 0 saturated carbocycles. The van der Waals surface area contributed by atoms with Gasteiger partial charge in [0.1, 0.15) is 0 Å². The normalized spacial score (nSPS) is 19.0. The molecule has 2 heterocycles. The number of aromatic nitrogens is 1. The Balaban J connectivity index is 2.38. The van der Waals surface area contributed by atoms with E-state index in [1.807, 2.05) is 31.2 Å². The summed E-state index contributed by atoms with van der Waals surface area (Å²) in [7, 11) is 0. The van der Waals surface area contributed by atoms with Crippen molar-refractivity contribution in [3.63, 3.8) is 0 Å². The van der Waals surface area contributed by atoms with Gasteiger partial charge in [-0.05, 0) is 13.0 Å². The summed E-state index contributed by atoms with van der Waals surface area (Å²) in [5, 5.41) is 3.93. The van der Waals surface area contributed by atoms with Crippen LogP contribution in [-0.2, 0) is 4.79 Å². The Hall–Kier alpha value is -1.90. The lowest BCUT2D eigenvalue weighted by Crippen LogP contribution is -2.08. The largest absolute Gasteiger partial charge is 0.325 e. The average Bonchev–Trinajstić information content (AvgIpc) is 2.56. The fourth-order valence-electron chi connectivity index (χ4n) is 2.00. The Morgan fingerprint density at radius 3 is 3.00 bits per heavy atom. The highest BCUT2D eigenvalue weighted by atomic mass is 16.2. The highest BCUT2D eigenvalue weighted by Gasteiger charge is 2.28. The second-order valence-corrected chi connectivity index (χ2v) is 3.82. The summed E-state index contributed by atoms with van der Waals surface area (Å²) >= 11 is 0. The molecule has 3 heteroatoms. The van der Waals surface area contributed by atoms with Crippen LogP contribution >= 0.6 is 0 Å². The highest BCUT2D eigenvalue weighted by molar-refractivity contribution is 6.10. The van der Waals surface area contributed by atoms with E-state index >= 15 is 0 Å². The smallest absolute Gasteiger partial charge is 0.231 e. The van der Waals surface area contributed by atoms with E-state index < -0.39 is 0 Å². The van der Waals surface area contributed by atoms with E-state index in [1.165, 1.54) is 0 Å². The summed E-state index contributed by atoms with van der Waals surface area (Å²) in [5.74, 6) is -0.0275. The van der Waals surface area contributed by atoms with Crippen LogP contribution in [0.25, 0.3) is 10.9 Å². The Morgan fingerprint density at radius 1 is 1.33 bits per heavy atom. The van der Waals surface area contributed by atoms with Gasteiger partial charge in [0.25, 0.3) is 0 Å². The van der Waals surface area contributed by atoms with Crippen LogP contribution in [0.5, 0.6) is 0 Å². The number of hydrogen-bond donors (Lipinski definition) is 1. The van der Waals surface area contributed by atoms with Gasteiger partial charge in [-0.3, -0.25) is 9.78 Å². The summed E-state index contributed by atoms with van der Waals surface area (Å²) in [6.07, 6.45) is 1.79. The van der Waals surface area contributed by atoms with Gasteiger partial charge >= 0.3 is 0 Å². The van der Waals surface area contributed by atoms with Gasteiger partial charge in [-0.25, -0.2) is 0 Å². The van der Waals surface area contributed by atoms with Crippen molar-refractivity contribution in [3.8, 4) is 0 Å². The first-order valence-electron chi connectivity index (χ1n) is 4.96. The third-order valence-corrected chi connectivity index (χ3v) is 2.91. The Morgan fingerprint density at radius 2 is 2.13 bits per heavy atom. The maximum Gasteiger partial charge on any atom is 0.231 e. The molecule has 1 N–H and O–H groups in total. The lowest BCUT2D eigenvalue weighted by Gasteiger charge is -2.03. The van der Waals surface area contributed by atoms with Gasteiger partial charge in [-0.2, -0.15) is 0 Å². The molecule has 0 aliphatic carbocycles. The van der Waals surface area contributed by atoms with Crippen LogP contribution in [0.4, 0.5) is 5.69 Å². The molecule has 0 saturated heterocycles. The molecule has 1 aromatic carbocycles. The molecule has 1 aliphatic rings. The van der Waals surface area contributed by atoms with Gasteiger partial charge in [0.2, 0.25) is 5.91 Å². The number of pyridine rings is 1. The number of fused-ring (bicyclic) bond motifs is 3. The summed E-state index contributed by atoms with van der Waals surface area (Å²) in [4.78, 5) is 15.9. The zero-order valence-electron chi connectivity index (χ0n) is 8.32. The highest BCUT2D eigenvalue weighted by Crippen LogP contribution is 2.36. The topological polar surface area (TPSA) is 42.0 Å². The predicted molar refractivity (Wildman–Crippen MR) is 58.8 cm³/mol. The molecule has 2 aromatic rings. The summed E-state index contributed by atoms with van der Waals surface area (Å²) in [6, 6.07) is 7.84. The van der Waals surface area contributed by atoms with Gasteiger partial charge in [0.05, 0.1) is 17.1 Å². The number of nitrogens with zero attached hydrogens (tertiary/aromatic N) is 1. The van der Waals surface area contributed by atoms with Gasteiger partial charge in [-0.15, -0.1) is 0 Å². The number of nitrogens with one attached hydrogen (secondary N) is 1. The zero-order valence-corrected chi connectivity index (χ0v) is 8.32. The molecule has 1 unspecified atom stereocenters. The molecule has 74 valence electrons. The van der Waals surface area contributed by atoms with E-state index in [1.54, 1.807) is 6.20 Å². The maximum absolute atomic E-state index is 11.5. The van der Waals surface area contributed by atoms with Crippen LogP contribution in [0, 0.1) is 0 Å². The molecular weight excluding hydrogens is 188 g/mol. The van der Waals surface area contributed by atoms with E-state index in [0.717, 1.165) is 22.2 Å². The number of benzene rings is 1. The van der Waals surface area contributed by atoms with E-state index in [2.05, 4.69) is 10.3 Å². The van der Waals surface area contributed by atoms with Crippen molar-refractivity contribution in [3.05, 3.63) is 36.0 Å². The minimum absolute atomic E-state index is 0.0585. The number of rotatable bonds is 0. The Labute approximate surface area is 87.1 Å². The van der Waals surface area contributed by atoms with Crippen molar-refractivity contribution in [2.24, 2.45) is 0 Å².